The molecule has 1 aromatic heterocycles. The highest BCUT2D eigenvalue weighted by molar-refractivity contribution is 5.56. The van der Waals surface area contributed by atoms with E-state index in [1.165, 1.54) is 57.8 Å². The first kappa shape index (κ1) is 14.5. The molecule has 0 amide bonds. The third-order valence-electron chi connectivity index (χ3n) is 6.55. The maximum Gasteiger partial charge on any atom is 0.222 e. The van der Waals surface area contributed by atoms with Gasteiger partial charge in [-0.1, -0.05) is 62.4 Å². The highest BCUT2D eigenvalue weighted by Crippen LogP contribution is 2.51. The molecular weight excluding hydrogens is 296 g/mol. The molecule has 1 spiro atoms. The number of hydrogen-bond donors (Lipinski definition) is 1. The van der Waals surface area contributed by atoms with E-state index in [-0.39, 0.29) is 5.54 Å². The second kappa shape index (κ2) is 5.61. The fourth-order valence-electron chi connectivity index (χ4n) is 5.44. The van der Waals surface area contributed by atoms with Crippen molar-refractivity contribution in [2.24, 2.45) is 5.92 Å². The Balaban J connectivity index is 1.63. The summed E-state index contributed by atoms with van der Waals surface area (Å²) < 4.78 is 2.31. The predicted molar refractivity (Wildman–Crippen MR) is 95.9 cm³/mol. The Morgan fingerprint density at radius 1 is 0.958 bits per heavy atom. The molecule has 2 aromatic rings. The topological polar surface area (TPSA) is 42.7 Å². The largest absolute Gasteiger partial charge is 0.351 e. The van der Waals surface area contributed by atoms with Gasteiger partial charge in [-0.2, -0.15) is 4.98 Å². The Hall–Kier alpha value is -1.84. The molecule has 0 unspecified atom stereocenters. The monoisotopic (exact) mass is 322 g/mol. The van der Waals surface area contributed by atoms with Crippen molar-refractivity contribution in [3.63, 3.8) is 0 Å². The van der Waals surface area contributed by atoms with Gasteiger partial charge in [0.1, 0.15) is 0 Å². The zero-order valence-corrected chi connectivity index (χ0v) is 14.2. The van der Waals surface area contributed by atoms with Crippen LogP contribution in [0.3, 0.4) is 0 Å². The number of anilines is 1. The molecule has 2 saturated carbocycles. The van der Waals surface area contributed by atoms with Crippen molar-refractivity contribution < 1.29 is 0 Å². The van der Waals surface area contributed by atoms with Gasteiger partial charge in [-0.05, 0) is 25.7 Å². The molecule has 2 fully saturated rings. The molecule has 1 N–H and O–H groups in total. The molecule has 126 valence electrons. The Morgan fingerprint density at radius 3 is 2.58 bits per heavy atom. The first-order chi connectivity index (χ1) is 11.9. The maximum atomic E-state index is 5.03. The zero-order chi connectivity index (χ0) is 16.0. The van der Waals surface area contributed by atoms with E-state index in [0.29, 0.717) is 6.04 Å². The molecule has 24 heavy (non-hydrogen) atoms. The van der Waals surface area contributed by atoms with Gasteiger partial charge in [-0.15, -0.1) is 5.10 Å². The first-order valence-corrected chi connectivity index (χ1v) is 9.66. The van der Waals surface area contributed by atoms with Gasteiger partial charge < -0.3 is 5.32 Å². The van der Waals surface area contributed by atoms with Gasteiger partial charge in [0.25, 0.3) is 0 Å². The molecule has 4 heteroatoms. The van der Waals surface area contributed by atoms with Crippen LogP contribution in [-0.2, 0) is 5.54 Å². The summed E-state index contributed by atoms with van der Waals surface area (Å²) in [6, 6.07) is 11.0. The number of hydrogen-bond acceptors (Lipinski definition) is 3. The molecule has 4 nitrogen and oxygen atoms in total. The van der Waals surface area contributed by atoms with Gasteiger partial charge in [-0.3, -0.25) is 0 Å². The van der Waals surface area contributed by atoms with Crippen molar-refractivity contribution in [3.8, 4) is 11.4 Å². The van der Waals surface area contributed by atoms with Crippen molar-refractivity contribution in [3.05, 3.63) is 30.3 Å². The zero-order valence-electron chi connectivity index (χ0n) is 14.2. The summed E-state index contributed by atoms with van der Waals surface area (Å²) in [5.74, 6) is 2.62. The SMILES string of the molecule is c1ccc(-c2nc3n(n2)C2(CCCCC2)[C@@H]2CCCC[C@@H]2N3)cc1. The molecule has 5 rings (SSSR count). The Labute approximate surface area is 143 Å². The molecule has 2 aliphatic carbocycles. The Kier molecular flexibility index (Phi) is 3.39. The number of benzene rings is 1. The second-order valence-electron chi connectivity index (χ2n) is 7.84. The van der Waals surface area contributed by atoms with Crippen molar-refractivity contribution in [1.82, 2.24) is 14.8 Å². The van der Waals surface area contributed by atoms with Gasteiger partial charge in [0.15, 0.2) is 5.82 Å². The summed E-state index contributed by atoms with van der Waals surface area (Å²) in [6.07, 6.45) is 12.0. The standard InChI is InChI=1S/C20H26N4/c1-3-9-15(10-4-1)18-22-19-21-17-12-6-5-11-16(17)20(24(19)23-18)13-7-2-8-14-20/h1,3-4,9-10,16-17H,2,5-8,11-14H2,(H,21,22,23)/t16-,17+/m1/s1. The van der Waals surface area contributed by atoms with Gasteiger partial charge in [-0.25, -0.2) is 4.68 Å². The lowest BCUT2D eigenvalue weighted by Gasteiger charge is -2.52. The van der Waals surface area contributed by atoms with Crippen LogP contribution in [0.4, 0.5) is 5.95 Å². The van der Waals surface area contributed by atoms with Gasteiger partial charge >= 0.3 is 0 Å². The molecular formula is C20H26N4. The van der Waals surface area contributed by atoms with Crippen molar-refractivity contribution >= 4 is 5.95 Å². The summed E-state index contributed by atoms with van der Waals surface area (Å²) in [4.78, 5) is 4.90. The fourth-order valence-corrected chi connectivity index (χ4v) is 5.44. The third kappa shape index (κ3) is 2.11. The summed E-state index contributed by atoms with van der Waals surface area (Å²) >= 11 is 0. The van der Waals surface area contributed by atoms with E-state index in [4.69, 9.17) is 10.1 Å². The molecule has 0 radical (unpaired) electrons. The Bertz CT molecular complexity index is 714. The minimum atomic E-state index is 0.212. The van der Waals surface area contributed by atoms with E-state index in [1.54, 1.807) is 0 Å². The summed E-state index contributed by atoms with van der Waals surface area (Å²) in [6.45, 7) is 0. The highest BCUT2D eigenvalue weighted by Gasteiger charge is 2.51. The van der Waals surface area contributed by atoms with Crippen LogP contribution in [0.5, 0.6) is 0 Å². The highest BCUT2D eigenvalue weighted by atomic mass is 15.5. The molecule has 0 bridgehead atoms. The minimum Gasteiger partial charge on any atom is -0.351 e. The van der Waals surface area contributed by atoms with Crippen molar-refractivity contribution in [2.45, 2.75) is 69.4 Å². The van der Waals surface area contributed by atoms with E-state index < -0.39 is 0 Å². The van der Waals surface area contributed by atoms with Crippen LogP contribution >= 0.6 is 0 Å². The average molecular weight is 322 g/mol. The predicted octanol–water partition coefficient (Wildman–Crippen LogP) is 4.59. The van der Waals surface area contributed by atoms with Crippen LogP contribution in [0.1, 0.15) is 57.8 Å². The van der Waals surface area contributed by atoms with E-state index in [1.807, 2.05) is 0 Å². The normalized spacial score (nSPS) is 28.0. The van der Waals surface area contributed by atoms with E-state index >= 15 is 0 Å². The van der Waals surface area contributed by atoms with Gasteiger partial charge in [0, 0.05) is 17.5 Å². The smallest absolute Gasteiger partial charge is 0.222 e. The maximum absolute atomic E-state index is 5.03. The van der Waals surface area contributed by atoms with Crippen LogP contribution in [-0.4, -0.2) is 20.8 Å². The average Bonchev–Trinajstić information content (AvgIpc) is 3.09. The molecule has 1 aromatic carbocycles. The lowest BCUT2D eigenvalue weighted by Crippen LogP contribution is -2.55. The first-order valence-electron chi connectivity index (χ1n) is 9.66. The summed E-state index contributed by atoms with van der Waals surface area (Å²) in [5.41, 5.74) is 1.33. The van der Waals surface area contributed by atoms with E-state index in [2.05, 4.69) is 40.3 Å². The molecule has 3 aliphatic rings. The minimum absolute atomic E-state index is 0.212. The third-order valence-corrected chi connectivity index (χ3v) is 6.55. The second-order valence-corrected chi connectivity index (χ2v) is 7.84. The molecule has 2 atom stereocenters. The number of nitrogens with zero attached hydrogens (tertiary/aromatic N) is 3. The van der Waals surface area contributed by atoms with Crippen LogP contribution < -0.4 is 5.32 Å². The van der Waals surface area contributed by atoms with Crippen LogP contribution in [0.25, 0.3) is 11.4 Å². The Morgan fingerprint density at radius 2 is 1.75 bits per heavy atom. The fraction of sp³-hybridized carbons (Fsp3) is 0.600. The van der Waals surface area contributed by atoms with Gasteiger partial charge in [0.2, 0.25) is 5.95 Å². The lowest BCUT2D eigenvalue weighted by molar-refractivity contribution is 0.0455. The summed E-state index contributed by atoms with van der Waals surface area (Å²) in [7, 11) is 0. The number of aromatic nitrogens is 3. The number of nitrogens with one attached hydrogen (secondary N) is 1. The summed E-state index contributed by atoms with van der Waals surface area (Å²) in [5, 5.41) is 8.78. The molecule has 1 aliphatic heterocycles. The lowest BCUT2D eigenvalue weighted by atomic mass is 9.64. The van der Waals surface area contributed by atoms with E-state index in [0.717, 1.165) is 23.3 Å². The quantitative estimate of drug-likeness (QED) is 0.835. The van der Waals surface area contributed by atoms with Crippen LogP contribution in [0.15, 0.2) is 30.3 Å². The molecule has 0 saturated heterocycles. The van der Waals surface area contributed by atoms with Gasteiger partial charge in [0.05, 0.1) is 5.54 Å². The van der Waals surface area contributed by atoms with Crippen molar-refractivity contribution in [2.75, 3.05) is 5.32 Å². The van der Waals surface area contributed by atoms with E-state index in [9.17, 15) is 0 Å². The number of fused-ring (bicyclic) bond motifs is 4. The van der Waals surface area contributed by atoms with Crippen molar-refractivity contribution in [1.29, 1.82) is 0 Å². The van der Waals surface area contributed by atoms with Crippen LogP contribution in [0, 0.1) is 5.92 Å². The van der Waals surface area contributed by atoms with Crippen LogP contribution in [0.2, 0.25) is 0 Å². The molecule has 2 heterocycles. The number of rotatable bonds is 1.